The van der Waals surface area contributed by atoms with Crippen LogP contribution in [0.2, 0.25) is 0 Å². The van der Waals surface area contributed by atoms with Crippen LogP contribution in [-0.4, -0.2) is 18.0 Å². The fraction of sp³-hybridized carbons (Fsp3) is 0.870. The maximum Gasteiger partial charge on any atom is 0.155 e. The van der Waals surface area contributed by atoms with Gasteiger partial charge in [-0.25, -0.2) is 0 Å². The highest BCUT2D eigenvalue weighted by Gasteiger charge is 2.60. The van der Waals surface area contributed by atoms with E-state index in [1.165, 1.54) is 50.5 Å². The molecule has 0 aromatic rings. The average Bonchev–Trinajstić information content (AvgIpc) is 2.60. The smallest absolute Gasteiger partial charge is 0.155 e. The number of carbonyl (C=O) groups excluding carboxylic acids is 1. The molecule has 8 unspecified atom stereocenters. The van der Waals surface area contributed by atoms with Gasteiger partial charge in [-0.3, -0.25) is 4.79 Å². The van der Waals surface area contributed by atoms with E-state index in [1.807, 2.05) is 6.08 Å². The summed E-state index contributed by atoms with van der Waals surface area (Å²) in [5.41, 5.74) is 2.18. The third kappa shape index (κ3) is 2.58. The van der Waals surface area contributed by atoms with E-state index in [4.69, 9.17) is 5.11 Å². The van der Waals surface area contributed by atoms with E-state index in [-0.39, 0.29) is 0 Å². The van der Waals surface area contributed by atoms with Crippen molar-refractivity contribution in [1.82, 2.24) is 0 Å². The fourth-order valence-corrected chi connectivity index (χ4v) is 8.41. The van der Waals surface area contributed by atoms with E-state index in [0.717, 1.165) is 61.4 Å². The third-order valence-corrected chi connectivity index (χ3v) is 9.14. The SMILES string of the molecule is CC1CC2CCC3C4CCC5=CC(=O)CCC5C4CCC3(C)C12.CO. The lowest BCUT2D eigenvalue weighted by Gasteiger charge is -2.66. The highest BCUT2D eigenvalue weighted by atomic mass is 16.2. The zero-order valence-electron chi connectivity index (χ0n) is 16.3. The third-order valence-electron chi connectivity index (χ3n) is 9.14. The van der Waals surface area contributed by atoms with Gasteiger partial charge in [-0.1, -0.05) is 19.4 Å². The van der Waals surface area contributed by atoms with Crippen LogP contribution in [0, 0.1) is 46.8 Å². The summed E-state index contributed by atoms with van der Waals surface area (Å²) in [6.45, 7) is 5.20. The minimum Gasteiger partial charge on any atom is -0.400 e. The second kappa shape index (κ2) is 6.51. The van der Waals surface area contributed by atoms with Gasteiger partial charge in [-0.05, 0) is 104 Å². The second-order valence-corrected chi connectivity index (χ2v) is 9.92. The molecule has 8 atom stereocenters. The number of ketones is 1. The van der Waals surface area contributed by atoms with Crippen molar-refractivity contribution in [2.24, 2.45) is 46.8 Å². The van der Waals surface area contributed by atoms with Crippen molar-refractivity contribution >= 4 is 5.78 Å². The van der Waals surface area contributed by atoms with Gasteiger partial charge in [0.15, 0.2) is 5.78 Å². The van der Waals surface area contributed by atoms with Crippen LogP contribution < -0.4 is 0 Å². The summed E-state index contributed by atoms with van der Waals surface area (Å²) in [6.07, 6.45) is 14.1. The monoisotopic (exact) mass is 344 g/mol. The highest BCUT2D eigenvalue weighted by molar-refractivity contribution is 5.91. The minimum atomic E-state index is 0.402. The van der Waals surface area contributed by atoms with E-state index in [2.05, 4.69) is 13.8 Å². The van der Waals surface area contributed by atoms with Crippen molar-refractivity contribution in [2.75, 3.05) is 7.11 Å². The molecule has 0 aromatic carbocycles. The molecule has 0 radical (unpaired) electrons. The molecule has 2 nitrogen and oxygen atoms in total. The molecule has 5 aliphatic carbocycles. The highest BCUT2D eigenvalue weighted by Crippen LogP contribution is 2.68. The predicted molar refractivity (Wildman–Crippen MR) is 101 cm³/mol. The molecule has 0 spiro atoms. The maximum absolute atomic E-state index is 11.8. The van der Waals surface area contributed by atoms with Crippen LogP contribution >= 0.6 is 0 Å². The van der Waals surface area contributed by atoms with Gasteiger partial charge in [-0.15, -0.1) is 0 Å². The van der Waals surface area contributed by atoms with Crippen molar-refractivity contribution in [3.05, 3.63) is 11.6 Å². The van der Waals surface area contributed by atoms with Crippen molar-refractivity contribution in [3.8, 4) is 0 Å². The molecule has 0 aliphatic heterocycles. The average molecular weight is 345 g/mol. The first-order valence-corrected chi connectivity index (χ1v) is 10.8. The molecule has 4 fully saturated rings. The van der Waals surface area contributed by atoms with E-state index < -0.39 is 0 Å². The zero-order valence-corrected chi connectivity index (χ0v) is 16.3. The lowest BCUT2D eigenvalue weighted by Crippen LogP contribution is -2.58. The van der Waals surface area contributed by atoms with Crippen LogP contribution in [0.25, 0.3) is 0 Å². The molecule has 1 N–H and O–H groups in total. The van der Waals surface area contributed by atoms with Crippen LogP contribution in [0.15, 0.2) is 11.6 Å². The normalized spacial score (nSPS) is 50.6. The van der Waals surface area contributed by atoms with Crippen molar-refractivity contribution < 1.29 is 9.90 Å². The summed E-state index contributed by atoms with van der Waals surface area (Å²) in [4.78, 5) is 11.8. The molecule has 140 valence electrons. The Morgan fingerprint density at radius 3 is 2.60 bits per heavy atom. The van der Waals surface area contributed by atoms with Crippen molar-refractivity contribution in [3.63, 3.8) is 0 Å². The molecule has 4 saturated carbocycles. The fourth-order valence-electron chi connectivity index (χ4n) is 8.41. The number of aliphatic hydroxyl groups is 1. The van der Waals surface area contributed by atoms with Crippen LogP contribution in [-0.2, 0) is 4.79 Å². The summed E-state index contributed by atoms with van der Waals surface area (Å²) in [5.74, 6) is 7.12. The number of rotatable bonds is 0. The van der Waals surface area contributed by atoms with Crippen LogP contribution in [0.5, 0.6) is 0 Å². The first-order chi connectivity index (χ1) is 12.1. The summed E-state index contributed by atoms with van der Waals surface area (Å²) in [6, 6.07) is 0. The zero-order chi connectivity index (χ0) is 17.8. The molecule has 0 aromatic heterocycles. The molecule has 0 bridgehead atoms. The summed E-state index contributed by atoms with van der Waals surface area (Å²) >= 11 is 0. The molecule has 5 rings (SSSR count). The molecule has 0 saturated heterocycles. The summed E-state index contributed by atoms with van der Waals surface area (Å²) in [5, 5.41) is 7.00. The Morgan fingerprint density at radius 1 is 1.04 bits per heavy atom. The second-order valence-electron chi connectivity index (χ2n) is 9.92. The molecule has 0 heterocycles. The first-order valence-electron chi connectivity index (χ1n) is 10.8. The number of carbonyl (C=O) groups is 1. The first kappa shape index (κ1) is 17.8. The lowest BCUT2D eigenvalue weighted by atomic mass is 9.39. The van der Waals surface area contributed by atoms with Crippen LogP contribution in [0.4, 0.5) is 0 Å². The van der Waals surface area contributed by atoms with Gasteiger partial charge in [0, 0.05) is 13.5 Å². The molecule has 0 amide bonds. The minimum absolute atomic E-state index is 0.402. The number of fused-ring (bicyclic) bond motifs is 7. The molecule has 25 heavy (non-hydrogen) atoms. The Morgan fingerprint density at radius 2 is 1.84 bits per heavy atom. The maximum atomic E-state index is 11.8. The Labute approximate surface area is 153 Å². The topological polar surface area (TPSA) is 37.3 Å². The lowest BCUT2D eigenvalue weighted by molar-refractivity contribution is -0.161. The number of aliphatic hydroxyl groups excluding tert-OH is 1. The molecular formula is C23H36O2. The van der Waals surface area contributed by atoms with Gasteiger partial charge in [0.05, 0.1) is 0 Å². The van der Waals surface area contributed by atoms with Crippen molar-refractivity contribution in [1.29, 1.82) is 0 Å². The van der Waals surface area contributed by atoms with Crippen LogP contribution in [0.3, 0.4) is 0 Å². The number of hydrogen-bond acceptors (Lipinski definition) is 2. The van der Waals surface area contributed by atoms with Gasteiger partial charge in [0.2, 0.25) is 0 Å². The molecule has 5 aliphatic rings. The van der Waals surface area contributed by atoms with Gasteiger partial charge in [-0.2, -0.15) is 0 Å². The van der Waals surface area contributed by atoms with Gasteiger partial charge < -0.3 is 5.11 Å². The Balaban J connectivity index is 0.000000758. The summed E-state index contributed by atoms with van der Waals surface area (Å²) in [7, 11) is 1.00. The van der Waals surface area contributed by atoms with Crippen LogP contribution in [0.1, 0.15) is 71.6 Å². The van der Waals surface area contributed by atoms with E-state index in [1.54, 1.807) is 0 Å². The van der Waals surface area contributed by atoms with Gasteiger partial charge in [0.1, 0.15) is 0 Å². The number of hydrogen-bond donors (Lipinski definition) is 1. The Hall–Kier alpha value is -0.630. The predicted octanol–water partition coefficient (Wildman–Crippen LogP) is 5.01. The van der Waals surface area contributed by atoms with Crippen molar-refractivity contribution in [2.45, 2.75) is 71.6 Å². The summed E-state index contributed by atoms with van der Waals surface area (Å²) < 4.78 is 0. The molecule has 2 heteroatoms. The standard InChI is InChI=1S/C22H32O.CH4O/c1-13-11-15-4-8-20-19-6-3-14-12-16(23)5-7-17(14)18(19)9-10-22(20,2)21(13)15;1-2/h12-13,15,17-21H,3-11H2,1-2H3;2H,1H3. The Bertz CT molecular complexity index is 564. The largest absolute Gasteiger partial charge is 0.400 e. The van der Waals surface area contributed by atoms with Gasteiger partial charge >= 0.3 is 0 Å². The van der Waals surface area contributed by atoms with E-state index in [9.17, 15) is 4.79 Å². The number of allylic oxidation sites excluding steroid dienone is 2. The van der Waals surface area contributed by atoms with Gasteiger partial charge in [0.25, 0.3) is 0 Å². The van der Waals surface area contributed by atoms with E-state index >= 15 is 0 Å². The quantitative estimate of drug-likeness (QED) is 0.671. The molecular weight excluding hydrogens is 308 g/mol. The Kier molecular flexibility index (Phi) is 4.63. The van der Waals surface area contributed by atoms with E-state index in [0.29, 0.717) is 11.2 Å².